The second-order valence-electron chi connectivity index (χ2n) is 4.52. The molecule has 0 radical (unpaired) electrons. The van der Waals surface area contributed by atoms with Crippen molar-refractivity contribution in [3.8, 4) is 0 Å². The minimum atomic E-state index is -0.0533. The lowest BCUT2D eigenvalue weighted by atomic mass is 10.1. The fourth-order valence-corrected chi connectivity index (χ4v) is 1.70. The molecule has 2 heterocycles. The van der Waals surface area contributed by atoms with Gasteiger partial charge < -0.3 is 9.72 Å². The number of imidazole rings is 1. The summed E-state index contributed by atoms with van der Waals surface area (Å²) < 4.78 is 1.84. The van der Waals surface area contributed by atoms with Crippen molar-refractivity contribution < 1.29 is 4.79 Å². The zero-order valence-corrected chi connectivity index (χ0v) is 10.2. The van der Waals surface area contributed by atoms with Crippen LogP contribution < -0.4 is 5.32 Å². The van der Waals surface area contributed by atoms with E-state index in [-0.39, 0.29) is 5.91 Å². The molecule has 0 unspecified atom stereocenters. The Morgan fingerprint density at radius 2 is 2.29 bits per heavy atom. The van der Waals surface area contributed by atoms with Crippen LogP contribution in [0, 0.1) is 5.92 Å². The summed E-state index contributed by atoms with van der Waals surface area (Å²) in [6, 6.07) is 3.65. The normalized spacial score (nSPS) is 11.0. The lowest BCUT2D eigenvalue weighted by molar-refractivity contribution is 0.0953. The number of nitrogens with one attached hydrogen (secondary N) is 1. The van der Waals surface area contributed by atoms with Crippen LogP contribution in [0.25, 0.3) is 5.65 Å². The summed E-state index contributed by atoms with van der Waals surface area (Å²) in [4.78, 5) is 16.2. The van der Waals surface area contributed by atoms with E-state index >= 15 is 0 Å². The summed E-state index contributed by atoms with van der Waals surface area (Å²) in [5, 5.41) is 2.92. The maximum atomic E-state index is 12.0. The average molecular weight is 231 g/mol. The predicted octanol–water partition coefficient (Wildman–Crippen LogP) is 2.11. The molecule has 4 heteroatoms. The van der Waals surface area contributed by atoms with Crippen molar-refractivity contribution in [2.75, 3.05) is 6.54 Å². The lowest BCUT2D eigenvalue weighted by Gasteiger charge is -2.07. The molecular formula is C13H17N3O. The quantitative estimate of drug-likeness (QED) is 0.876. The fraction of sp³-hybridized carbons (Fsp3) is 0.385. The molecule has 0 saturated carbocycles. The second kappa shape index (κ2) is 4.99. The highest BCUT2D eigenvalue weighted by molar-refractivity contribution is 5.99. The fourth-order valence-electron chi connectivity index (χ4n) is 1.70. The first-order valence-corrected chi connectivity index (χ1v) is 5.88. The molecule has 2 aromatic rings. The van der Waals surface area contributed by atoms with Gasteiger partial charge in [0.05, 0.1) is 5.56 Å². The summed E-state index contributed by atoms with van der Waals surface area (Å²) in [6.07, 6.45) is 6.40. The molecule has 1 amide bonds. The molecule has 0 bridgehead atoms. The SMILES string of the molecule is CC(C)CCNC(=O)c1cccn2ccnc12. The minimum Gasteiger partial charge on any atom is -0.352 e. The molecule has 0 saturated heterocycles. The smallest absolute Gasteiger partial charge is 0.255 e. The van der Waals surface area contributed by atoms with Gasteiger partial charge in [-0.25, -0.2) is 4.98 Å². The van der Waals surface area contributed by atoms with Gasteiger partial charge in [-0.15, -0.1) is 0 Å². The summed E-state index contributed by atoms with van der Waals surface area (Å²) in [7, 11) is 0. The van der Waals surface area contributed by atoms with E-state index in [1.807, 2.05) is 22.9 Å². The van der Waals surface area contributed by atoms with E-state index in [2.05, 4.69) is 24.1 Å². The number of amides is 1. The molecule has 4 nitrogen and oxygen atoms in total. The van der Waals surface area contributed by atoms with Gasteiger partial charge in [-0.2, -0.15) is 0 Å². The van der Waals surface area contributed by atoms with E-state index in [4.69, 9.17) is 0 Å². The highest BCUT2D eigenvalue weighted by Crippen LogP contribution is 2.08. The van der Waals surface area contributed by atoms with Gasteiger partial charge >= 0.3 is 0 Å². The summed E-state index contributed by atoms with van der Waals surface area (Å²) in [5.41, 5.74) is 1.33. The average Bonchev–Trinajstić information content (AvgIpc) is 2.75. The molecular weight excluding hydrogens is 214 g/mol. The summed E-state index contributed by atoms with van der Waals surface area (Å²) in [6.45, 7) is 4.99. The molecule has 17 heavy (non-hydrogen) atoms. The van der Waals surface area contributed by atoms with Crippen LogP contribution in [0.4, 0.5) is 0 Å². The highest BCUT2D eigenvalue weighted by atomic mass is 16.1. The second-order valence-corrected chi connectivity index (χ2v) is 4.52. The zero-order chi connectivity index (χ0) is 12.3. The van der Waals surface area contributed by atoms with Gasteiger partial charge in [-0.1, -0.05) is 13.8 Å². The monoisotopic (exact) mass is 231 g/mol. The van der Waals surface area contributed by atoms with Gasteiger partial charge in [0, 0.05) is 25.1 Å². The number of carbonyl (C=O) groups is 1. The van der Waals surface area contributed by atoms with Crippen molar-refractivity contribution in [3.63, 3.8) is 0 Å². The van der Waals surface area contributed by atoms with Crippen molar-refractivity contribution in [3.05, 3.63) is 36.3 Å². The maximum Gasteiger partial charge on any atom is 0.255 e. The molecule has 0 fully saturated rings. The Bertz CT molecular complexity index is 516. The number of pyridine rings is 1. The van der Waals surface area contributed by atoms with E-state index < -0.39 is 0 Å². The molecule has 0 aliphatic rings. The lowest BCUT2D eigenvalue weighted by Crippen LogP contribution is -2.25. The predicted molar refractivity (Wildman–Crippen MR) is 67.0 cm³/mol. The van der Waals surface area contributed by atoms with Crippen molar-refractivity contribution >= 4 is 11.6 Å². The Morgan fingerprint density at radius 3 is 3.06 bits per heavy atom. The van der Waals surface area contributed by atoms with Gasteiger partial charge in [-0.05, 0) is 24.5 Å². The van der Waals surface area contributed by atoms with E-state index in [0.29, 0.717) is 23.7 Å². The molecule has 0 spiro atoms. The molecule has 0 aliphatic heterocycles. The van der Waals surface area contributed by atoms with Crippen LogP contribution in [0.1, 0.15) is 30.6 Å². The number of rotatable bonds is 4. The Labute approximate surface area is 101 Å². The van der Waals surface area contributed by atoms with E-state index in [1.165, 1.54) is 0 Å². The number of hydrogen-bond donors (Lipinski definition) is 1. The largest absolute Gasteiger partial charge is 0.352 e. The van der Waals surface area contributed by atoms with Gasteiger partial charge in [0.25, 0.3) is 5.91 Å². The van der Waals surface area contributed by atoms with Crippen LogP contribution in [0.3, 0.4) is 0 Å². The maximum absolute atomic E-state index is 12.0. The summed E-state index contributed by atoms with van der Waals surface area (Å²) >= 11 is 0. The molecule has 2 rings (SSSR count). The Hall–Kier alpha value is -1.84. The minimum absolute atomic E-state index is 0.0533. The zero-order valence-electron chi connectivity index (χ0n) is 10.2. The van der Waals surface area contributed by atoms with Crippen molar-refractivity contribution in [1.29, 1.82) is 0 Å². The third kappa shape index (κ3) is 2.64. The molecule has 1 N–H and O–H groups in total. The first-order valence-electron chi connectivity index (χ1n) is 5.88. The van der Waals surface area contributed by atoms with Crippen molar-refractivity contribution in [1.82, 2.24) is 14.7 Å². The Morgan fingerprint density at radius 1 is 1.47 bits per heavy atom. The van der Waals surface area contributed by atoms with Crippen molar-refractivity contribution in [2.45, 2.75) is 20.3 Å². The first kappa shape index (κ1) is 11.6. The van der Waals surface area contributed by atoms with Gasteiger partial charge in [-0.3, -0.25) is 4.79 Å². The van der Waals surface area contributed by atoms with E-state index in [0.717, 1.165) is 6.42 Å². The molecule has 2 aromatic heterocycles. The van der Waals surface area contributed by atoms with Crippen LogP contribution in [0.5, 0.6) is 0 Å². The highest BCUT2D eigenvalue weighted by Gasteiger charge is 2.10. The van der Waals surface area contributed by atoms with E-state index in [9.17, 15) is 4.79 Å². The summed E-state index contributed by atoms with van der Waals surface area (Å²) in [5.74, 6) is 0.542. The van der Waals surface area contributed by atoms with Crippen molar-refractivity contribution in [2.24, 2.45) is 5.92 Å². The Kier molecular flexibility index (Phi) is 3.42. The third-order valence-electron chi connectivity index (χ3n) is 2.67. The Balaban J connectivity index is 2.11. The first-order chi connectivity index (χ1) is 8.18. The van der Waals surface area contributed by atoms with Crippen LogP contribution >= 0.6 is 0 Å². The molecule has 90 valence electrons. The van der Waals surface area contributed by atoms with Gasteiger partial charge in [0.1, 0.15) is 5.65 Å². The number of hydrogen-bond acceptors (Lipinski definition) is 2. The number of nitrogens with zero attached hydrogens (tertiary/aromatic N) is 2. The van der Waals surface area contributed by atoms with Crippen LogP contribution in [-0.2, 0) is 0 Å². The van der Waals surface area contributed by atoms with Crippen LogP contribution in [-0.4, -0.2) is 21.8 Å². The topological polar surface area (TPSA) is 46.4 Å². The number of aromatic nitrogens is 2. The third-order valence-corrected chi connectivity index (χ3v) is 2.67. The number of fused-ring (bicyclic) bond motifs is 1. The molecule has 0 aliphatic carbocycles. The molecule has 0 aromatic carbocycles. The van der Waals surface area contributed by atoms with Crippen LogP contribution in [0.2, 0.25) is 0 Å². The van der Waals surface area contributed by atoms with Gasteiger partial charge in [0.15, 0.2) is 0 Å². The van der Waals surface area contributed by atoms with E-state index in [1.54, 1.807) is 12.3 Å². The van der Waals surface area contributed by atoms with Crippen LogP contribution in [0.15, 0.2) is 30.7 Å². The number of carbonyl (C=O) groups excluding carboxylic acids is 1. The standard InChI is InChI=1S/C13H17N3O/c1-10(2)5-6-15-13(17)11-4-3-8-16-9-7-14-12(11)16/h3-4,7-10H,5-6H2,1-2H3,(H,15,17). The molecule has 0 atom stereocenters. The van der Waals surface area contributed by atoms with Gasteiger partial charge in [0.2, 0.25) is 0 Å².